The van der Waals surface area contributed by atoms with Crippen molar-refractivity contribution in [3.63, 3.8) is 0 Å². The molecule has 1 aromatic rings. The van der Waals surface area contributed by atoms with Gasteiger partial charge in [-0.2, -0.15) is 0 Å². The highest BCUT2D eigenvalue weighted by atomic mass is 79.9. The molecular formula is C8H14Br2N2. The second-order valence-corrected chi connectivity index (χ2v) is 2.27. The zero-order valence-corrected chi connectivity index (χ0v) is 10.1. The molecule has 0 bridgehead atoms. The molecule has 0 aliphatic rings. The number of rotatable bonds is 2. The van der Waals surface area contributed by atoms with Gasteiger partial charge in [0.05, 0.1) is 0 Å². The lowest BCUT2D eigenvalue weighted by atomic mass is 10.1. The van der Waals surface area contributed by atoms with Crippen molar-refractivity contribution in [3.05, 3.63) is 35.4 Å². The predicted octanol–water partition coefficient (Wildman–Crippen LogP) is -6.82. The van der Waals surface area contributed by atoms with E-state index in [4.69, 9.17) is 0 Å². The minimum Gasteiger partial charge on any atom is -1.00 e. The Morgan fingerprint density at radius 1 is 0.833 bits per heavy atom. The Morgan fingerprint density at radius 3 is 1.42 bits per heavy atom. The minimum absolute atomic E-state index is 0. The lowest BCUT2D eigenvalue weighted by Crippen LogP contribution is -3.00. The number of benzene rings is 1. The topological polar surface area (TPSA) is 55.3 Å². The molecule has 0 fully saturated rings. The van der Waals surface area contributed by atoms with Crippen molar-refractivity contribution >= 4 is 0 Å². The fraction of sp³-hybridized carbons (Fsp3) is 0.250. The number of halogens is 2. The Labute approximate surface area is 93.9 Å². The van der Waals surface area contributed by atoms with Gasteiger partial charge in [-0.25, -0.2) is 0 Å². The molecule has 0 aliphatic carbocycles. The molecule has 0 aromatic heterocycles. The van der Waals surface area contributed by atoms with Crippen molar-refractivity contribution in [3.8, 4) is 0 Å². The van der Waals surface area contributed by atoms with Crippen LogP contribution in [0.15, 0.2) is 24.3 Å². The SMILES string of the molecule is [Br-].[Br-].[NH3+]Cc1ccccc1C[NH3+]. The van der Waals surface area contributed by atoms with Gasteiger partial charge in [-0.3, -0.25) is 0 Å². The molecule has 4 heteroatoms. The standard InChI is InChI=1S/C8H12N2.2BrH/c9-5-7-3-1-2-4-8(7)6-10;;/h1-4H,5-6,9-10H2;2*1H. The van der Waals surface area contributed by atoms with Gasteiger partial charge in [0.1, 0.15) is 13.1 Å². The normalized spacial score (nSPS) is 8.17. The Kier molecular flexibility index (Phi) is 9.42. The summed E-state index contributed by atoms with van der Waals surface area (Å²) in [5.74, 6) is 0. The van der Waals surface area contributed by atoms with Crippen molar-refractivity contribution in [2.45, 2.75) is 13.1 Å². The highest BCUT2D eigenvalue weighted by Gasteiger charge is 1.98. The molecule has 0 saturated carbocycles. The van der Waals surface area contributed by atoms with E-state index in [2.05, 4.69) is 23.6 Å². The number of quaternary nitrogens is 2. The molecule has 0 saturated heterocycles. The van der Waals surface area contributed by atoms with Crippen LogP contribution in [0.4, 0.5) is 0 Å². The molecule has 2 nitrogen and oxygen atoms in total. The summed E-state index contributed by atoms with van der Waals surface area (Å²) in [6.07, 6.45) is 0. The zero-order valence-electron chi connectivity index (χ0n) is 6.89. The third-order valence-corrected chi connectivity index (χ3v) is 1.66. The van der Waals surface area contributed by atoms with Crippen LogP contribution in [0.25, 0.3) is 0 Å². The summed E-state index contributed by atoms with van der Waals surface area (Å²) in [6, 6.07) is 8.29. The molecule has 1 aromatic carbocycles. The van der Waals surface area contributed by atoms with Crippen molar-refractivity contribution in [2.24, 2.45) is 0 Å². The average Bonchev–Trinajstić information content (AvgIpc) is 2.04. The van der Waals surface area contributed by atoms with Crippen molar-refractivity contribution < 1.29 is 45.4 Å². The quantitative estimate of drug-likeness (QED) is 0.545. The highest BCUT2D eigenvalue weighted by Crippen LogP contribution is 2.04. The Bertz CT molecular complexity index is 193. The molecule has 0 heterocycles. The summed E-state index contributed by atoms with van der Waals surface area (Å²) in [7, 11) is 0. The van der Waals surface area contributed by atoms with Crippen LogP contribution in [0.5, 0.6) is 0 Å². The van der Waals surface area contributed by atoms with Crippen LogP contribution in [0.3, 0.4) is 0 Å². The van der Waals surface area contributed by atoms with Gasteiger partial charge in [-0.15, -0.1) is 0 Å². The average molecular weight is 298 g/mol. The number of hydrogen-bond acceptors (Lipinski definition) is 0. The number of hydrogen-bond donors (Lipinski definition) is 2. The molecule has 6 N–H and O–H groups in total. The molecule has 70 valence electrons. The second-order valence-electron chi connectivity index (χ2n) is 2.27. The fourth-order valence-electron chi connectivity index (χ4n) is 1.05. The van der Waals surface area contributed by atoms with Gasteiger partial charge in [-0.1, -0.05) is 24.3 Å². The predicted molar refractivity (Wildman–Crippen MR) is 39.6 cm³/mol. The monoisotopic (exact) mass is 296 g/mol. The van der Waals surface area contributed by atoms with E-state index in [9.17, 15) is 0 Å². The molecule has 12 heavy (non-hydrogen) atoms. The van der Waals surface area contributed by atoms with Gasteiger partial charge in [0.15, 0.2) is 0 Å². The van der Waals surface area contributed by atoms with Crippen LogP contribution in [0.2, 0.25) is 0 Å². The molecule has 0 amide bonds. The van der Waals surface area contributed by atoms with Crippen molar-refractivity contribution in [2.75, 3.05) is 0 Å². The van der Waals surface area contributed by atoms with Gasteiger partial charge in [-0.05, 0) is 0 Å². The van der Waals surface area contributed by atoms with Crippen LogP contribution in [0.1, 0.15) is 11.1 Å². The van der Waals surface area contributed by atoms with E-state index in [0.717, 1.165) is 13.1 Å². The van der Waals surface area contributed by atoms with E-state index in [1.54, 1.807) is 0 Å². The minimum atomic E-state index is 0. The van der Waals surface area contributed by atoms with Crippen LogP contribution >= 0.6 is 0 Å². The van der Waals surface area contributed by atoms with Gasteiger partial charge < -0.3 is 45.4 Å². The highest BCUT2D eigenvalue weighted by molar-refractivity contribution is 5.24. The van der Waals surface area contributed by atoms with Gasteiger partial charge in [0.2, 0.25) is 0 Å². The van der Waals surface area contributed by atoms with E-state index in [-0.39, 0.29) is 34.0 Å². The maximum Gasteiger partial charge on any atom is 0.100 e. The first-order valence-electron chi connectivity index (χ1n) is 3.53. The summed E-state index contributed by atoms with van der Waals surface area (Å²) in [5.41, 5.74) is 10.3. The molecule has 0 spiro atoms. The largest absolute Gasteiger partial charge is 1.00 e. The van der Waals surface area contributed by atoms with Gasteiger partial charge in [0.25, 0.3) is 0 Å². The Hall–Kier alpha value is 0.1000. The first kappa shape index (κ1) is 14.6. The summed E-state index contributed by atoms with van der Waals surface area (Å²) in [5, 5.41) is 0. The van der Waals surface area contributed by atoms with E-state index in [0.29, 0.717) is 0 Å². The van der Waals surface area contributed by atoms with E-state index in [1.807, 2.05) is 12.1 Å². The van der Waals surface area contributed by atoms with Crippen LogP contribution in [-0.2, 0) is 13.1 Å². The summed E-state index contributed by atoms with van der Waals surface area (Å²) in [6.45, 7) is 1.73. The first-order valence-corrected chi connectivity index (χ1v) is 3.53. The van der Waals surface area contributed by atoms with E-state index >= 15 is 0 Å². The van der Waals surface area contributed by atoms with E-state index in [1.165, 1.54) is 11.1 Å². The molecule has 0 unspecified atom stereocenters. The fourth-order valence-corrected chi connectivity index (χ4v) is 1.05. The second kappa shape index (κ2) is 7.73. The third-order valence-electron chi connectivity index (χ3n) is 1.66. The summed E-state index contributed by atoms with van der Waals surface area (Å²) >= 11 is 0. The smallest absolute Gasteiger partial charge is 0.100 e. The van der Waals surface area contributed by atoms with Gasteiger partial charge >= 0.3 is 0 Å². The van der Waals surface area contributed by atoms with E-state index < -0.39 is 0 Å². The summed E-state index contributed by atoms with van der Waals surface area (Å²) < 4.78 is 0. The summed E-state index contributed by atoms with van der Waals surface area (Å²) in [4.78, 5) is 0. The molecular weight excluding hydrogens is 284 g/mol. The van der Waals surface area contributed by atoms with Gasteiger partial charge in [0, 0.05) is 11.1 Å². The van der Waals surface area contributed by atoms with Crippen molar-refractivity contribution in [1.29, 1.82) is 0 Å². The Morgan fingerprint density at radius 2 is 1.17 bits per heavy atom. The lowest BCUT2D eigenvalue weighted by molar-refractivity contribution is -0.394. The maximum absolute atomic E-state index is 3.84. The molecule has 1 rings (SSSR count). The molecule has 0 radical (unpaired) electrons. The zero-order chi connectivity index (χ0) is 7.40. The van der Waals surface area contributed by atoms with Crippen LogP contribution < -0.4 is 45.4 Å². The molecule has 0 atom stereocenters. The van der Waals surface area contributed by atoms with Crippen molar-refractivity contribution in [1.82, 2.24) is 0 Å². The first-order chi connectivity index (χ1) is 4.88. The maximum atomic E-state index is 3.84. The van der Waals surface area contributed by atoms with Crippen LogP contribution in [-0.4, -0.2) is 0 Å². The molecule has 0 aliphatic heterocycles. The third kappa shape index (κ3) is 3.67. The Balaban J connectivity index is 0. The lowest BCUT2D eigenvalue weighted by Gasteiger charge is -1.98. The van der Waals surface area contributed by atoms with Crippen LogP contribution in [0, 0.1) is 0 Å².